The fraction of sp³-hybridized carbons (Fsp3) is 1.00. The molecule has 1 fully saturated rings. The average molecular weight is 229 g/mol. The van der Waals surface area contributed by atoms with Crippen LogP contribution in [0.15, 0.2) is 0 Å². The highest BCUT2D eigenvalue weighted by atomic mass is 16.5. The molecule has 96 valence electrons. The van der Waals surface area contributed by atoms with E-state index in [4.69, 9.17) is 4.74 Å². The summed E-state index contributed by atoms with van der Waals surface area (Å²) in [5, 5.41) is 13.2. The monoisotopic (exact) mass is 229 g/mol. The molecule has 1 heterocycles. The smallest absolute Gasteiger partial charge is 0.0613 e. The summed E-state index contributed by atoms with van der Waals surface area (Å²) in [6.07, 6.45) is 4.24. The molecule has 0 radical (unpaired) electrons. The van der Waals surface area contributed by atoms with Crippen LogP contribution < -0.4 is 5.32 Å². The van der Waals surface area contributed by atoms with Crippen molar-refractivity contribution in [3.05, 3.63) is 0 Å². The van der Waals surface area contributed by atoms with Gasteiger partial charge in [-0.1, -0.05) is 13.8 Å². The van der Waals surface area contributed by atoms with E-state index in [1.165, 1.54) is 0 Å². The maximum atomic E-state index is 9.54. The molecular formula is C13H27NO2. The molecule has 1 saturated heterocycles. The van der Waals surface area contributed by atoms with Gasteiger partial charge in [0, 0.05) is 24.8 Å². The molecule has 0 amide bonds. The minimum absolute atomic E-state index is 0.0856. The molecule has 2 N–H and O–H groups in total. The van der Waals surface area contributed by atoms with E-state index >= 15 is 0 Å². The predicted molar refractivity (Wildman–Crippen MR) is 66.5 cm³/mol. The van der Waals surface area contributed by atoms with Crippen LogP contribution in [0, 0.1) is 5.92 Å². The first kappa shape index (κ1) is 13.9. The Balaban J connectivity index is 2.49. The summed E-state index contributed by atoms with van der Waals surface area (Å²) in [6, 6.07) is 0.468. The van der Waals surface area contributed by atoms with Crippen molar-refractivity contribution in [2.24, 2.45) is 5.92 Å². The van der Waals surface area contributed by atoms with Crippen LogP contribution in [0.1, 0.15) is 46.5 Å². The maximum absolute atomic E-state index is 9.54. The van der Waals surface area contributed by atoms with Crippen molar-refractivity contribution >= 4 is 0 Å². The zero-order valence-corrected chi connectivity index (χ0v) is 11.0. The van der Waals surface area contributed by atoms with E-state index in [1.807, 2.05) is 0 Å². The van der Waals surface area contributed by atoms with Crippen molar-refractivity contribution in [1.29, 1.82) is 0 Å². The molecule has 1 unspecified atom stereocenters. The first-order chi connectivity index (χ1) is 7.67. The highest BCUT2D eigenvalue weighted by Gasteiger charge is 2.30. The molecule has 1 rings (SSSR count). The Labute approximate surface area is 99.6 Å². The molecule has 0 aromatic heterocycles. The first-order valence-electron chi connectivity index (χ1n) is 6.63. The van der Waals surface area contributed by atoms with Crippen molar-refractivity contribution in [3.8, 4) is 0 Å². The van der Waals surface area contributed by atoms with Crippen LogP contribution in [0.2, 0.25) is 0 Å². The van der Waals surface area contributed by atoms with Crippen LogP contribution in [0.25, 0.3) is 0 Å². The van der Waals surface area contributed by atoms with E-state index in [-0.39, 0.29) is 12.1 Å². The molecule has 0 aromatic carbocycles. The molecule has 3 nitrogen and oxygen atoms in total. The van der Waals surface area contributed by atoms with Crippen molar-refractivity contribution in [1.82, 2.24) is 5.32 Å². The molecule has 0 saturated carbocycles. The van der Waals surface area contributed by atoms with Crippen LogP contribution in [-0.2, 0) is 4.74 Å². The topological polar surface area (TPSA) is 41.5 Å². The Morgan fingerprint density at radius 2 is 1.88 bits per heavy atom. The number of aliphatic hydroxyl groups is 1. The second-order valence-electron chi connectivity index (χ2n) is 5.03. The molecule has 3 heteroatoms. The molecule has 1 aliphatic rings. The SMILES string of the molecule is CCC(CC)(CO)NC(C)C1CCOCC1. The molecule has 1 atom stereocenters. The summed E-state index contributed by atoms with van der Waals surface area (Å²) in [5.74, 6) is 0.692. The Morgan fingerprint density at radius 1 is 1.31 bits per heavy atom. The lowest BCUT2D eigenvalue weighted by Crippen LogP contribution is -2.54. The molecule has 0 aliphatic carbocycles. The van der Waals surface area contributed by atoms with Gasteiger partial charge in [-0.2, -0.15) is 0 Å². The van der Waals surface area contributed by atoms with Crippen molar-refractivity contribution in [2.75, 3.05) is 19.8 Å². The summed E-state index contributed by atoms with van der Waals surface area (Å²) in [4.78, 5) is 0. The standard InChI is InChI=1S/C13H27NO2/c1-4-13(5-2,10-15)14-11(3)12-6-8-16-9-7-12/h11-12,14-15H,4-10H2,1-3H3. The van der Waals surface area contributed by atoms with E-state index in [2.05, 4.69) is 26.1 Å². The van der Waals surface area contributed by atoms with Gasteiger partial charge in [-0.25, -0.2) is 0 Å². The Morgan fingerprint density at radius 3 is 2.31 bits per heavy atom. The minimum Gasteiger partial charge on any atom is -0.394 e. The minimum atomic E-state index is -0.0856. The van der Waals surface area contributed by atoms with Crippen LogP contribution in [0.4, 0.5) is 0 Å². The van der Waals surface area contributed by atoms with Crippen molar-refractivity contribution < 1.29 is 9.84 Å². The van der Waals surface area contributed by atoms with Gasteiger partial charge in [-0.05, 0) is 38.5 Å². The quantitative estimate of drug-likeness (QED) is 0.731. The zero-order chi connectivity index (χ0) is 12.0. The lowest BCUT2D eigenvalue weighted by Gasteiger charge is -2.38. The van der Waals surface area contributed by atoms with Gasteiger partial charge < -0.3 is 15.2 Å². The molecule has 0 spiro atoms. The number of hydrogen-bond acceptors (Lipinski definition) is 3. The highest BCUT2D eigenvalue weighted by Crippen LogP contribution is 2.23. The van der Waals surface area contributed by atoms with Crippen molar-refractivity contribution in [3.63, 3.8) is 0 Å². The van der Waals surface area contributed by atoms with Crippen molar-refractivity contribution in [2.45, 2.75) is 58.0 Å². The van der Waals surface area contributed by atoms with E-state index in [9.17, 15) is 5.11 Å². The van der Waals surface area contributed by atoms with Gasteiger partial charge in [0.1, 0.15) is 0 Å². The van der Waals surface area contributed by atoms with Gasteiger partial charge in [-0.3, -0.25) is 0 Å². The third kappa shape index (κ3) is 3.44. The highest BCUT2D eigenvalue weighted by molar-refractivity contribution is 4.89. The van der Waals surface area contributed by atoms with Gasteiger partial charge in [0.15, 0.2) is 0 Å². The molecule has 0 bridgehead atoms. The van der Waals surface area contributed by atoms with Gasteiger partial charge in [0.25, 0.3) is 0 Å². The molecule has 0 aromatic rings. The fourth-order valence-corrected chi connectivity index (χ4v) is 2.54. The fourth-order valence-electron chi connectivity index (χ4n) is 2.54. The van der Waals surface area contributed by atoms with Crippen LogP contribution >= 0.6 is 0 Å². The van der Waals surface area contributed by atoms with E-state index in [0.29, 0.717) is 12.0 Å². The van der Waals surface area contributed by atoms with Crippen LogP contribution in [-0.4, -0.2) is 36.5 Å². The average Bonchev–Trinajstić information content (AvgIpc) is 2.37. The molecular weight excluding hydrogens is 202 g/mol. The Kier molecular flexibility index (Phi) is 5.73. The number of aliphatic hydroxyl groups excluding tert-OH is 1. The Hall–Kier alpha value is -0.120. The number of rotatable bonds is 6. The largest absolute Gasteiger partial charge is 0.394 e. The summed E-state index contributed by atoms with van der Waals surface area (Å²) < 4.78 is 5.38. The van der Waals surface area contributed by atoms with Gasteiger partial charge >= 0.3 is 0 Å². The first-order valence-corrected chi connectivity index (χ1v) is 6.63. The number of nitrogens with one attached hydrogen (secondary N) is 1. The van der Waals surface area contributed by atoms with Gasteiger partial charge in [-0.15, -0.1) is 0 Å². The summed E-state index contributed by atoms with van der Waals surface area (Å²) in [5.41, 5.74) is -0.0856. The zero-order valence-electron chi connectivity index (χ0n) is 11.0. The lowest BCUT2D eigenvalue weighted by atomic mass is 9.87. The van der Waals surface area contributed by atoms with E-state index in [0.717, 1.165) is 38.9 Å². The van der Waals surface area contributed by atoms with E-state index < -0.39 is 0 Å². The molecule has 16 heavy (non-hydrogen) atoms. The second kappa shape index (κ2) is 6.58. The summed E-state index contributed by atoms with van der Waals surface area (Å²) in [6.45, 7) is 8.54. The predicted octanol–water partition coefficient (Wildman–Crippen LogP) is 1.94. The van der Waals surface area contributed by atoms with Crippen LogP contribution in [0.3, 0.4) is 0 Å². The number of hydrogen-bond donors (Lipinski definition) is 2. The summed E-state index contributed by atoms with van der Waals surface area (Å²) in [7, 11) is 0. The second-order valence-corrected chi connectivity index (χ2v) is 5.03. The Bertz CT molecular complexity index is 178. The molecule has 1 aliphatic heterocycles. The van der Waals surface area contributed by atoms with Gasteiger partial charge in [0.2, 0.25) is 0 Å². The summed E-state index contributed by atoms with van der Waals surface area (Å²) >= 11 is 0. The third-order valence-electron chi connectivity index (χ3n) is 4.16. The van der Waals surface area contributed by atoms with E-state index in [1.54, 1.807) is 0 Å². The normalized spacial score (nSPS) is 21.0. The van der Waals surface area contributed by atoms with Gasteiger partial charge in [0.05, 0.1) is 6.61 Å². The number of ether oxygens (including phenoxy) is 1. The van der Waals surface area contributed by atoms with Crippen LogP contribution in [0.5, 0.6) is 0 Å². The third-order valence-corrected chi connectivity index (χ3v) is 4.16. The maximum Gasteiger partial charge on any atom is 0.0613 e. The lowest BCUT2D eigenvalue weighted by molar-refractivity contribution is 0.0445.